The Morgan fingerprint density at radius 3 is 2.42 bits per heavy atom. The lowest BCUT2D eigenvalue weighted by Crippen LogP contribution is -2.46. The summed E-state index contributed by atoms with van der Waals surface area (Å²) in [4.78, 5) is 36.5. The van der Waals surface area contributed by atoms with Gasteiger partial charge in [0, 0.05) is 20.1 Å². The molecule has 3 amide bonds. The molecule has 1 unspecified atom stereocenters. The van der Waals surface area contributed by atoms with Gasteiger partial charge in [0.15, 0.2) is 6.10 Å². The first-order valence-electron chi connectivity index (χ1n) is 6.09. The Labute approximate surface area is 111 Å². The number of carbonyl (C=O) groups is 3. The molecule has 19 heavy (non-hydrogen) atoms. The number of nitrogens with zero attached hydrogens (tertiary/aromatic N) is 2. The summed E-state index contributed by atoms with van der Waals surface area (Å²) in [5.74, 6) is -1.54. The van der Waals surface area contributed by atoms with E-state index in [1.54, 1.807) is 4.90 Å². The van der Waals surface area contributed by atoms with Crippen LogP contribution in [-0.2, 0) is 9.59 Å². The number of carboxylic acids is 1. The van der Waals surface area contributed by atoms with Crippen molar-refractivity contribution in [3.63, 3.8) is 0 Å². The molecule has 1 heterocycles. The molecule has 1 saturated heterocycles. The molecule has 1 atom stereocenters. The van der Waals surface area contributed by atoms with E-state index >= 15 is 0 Å². The van der Waals surface area contributed by atoms with Crippen molar-refractivity contribution in [3.8, 4) is 0 Å². The molecule has 108 valence electrons. The SMILES string of the molecule is CN(CC(=O)N1CCCC1)C(=O)NCC(O)C(=O)O. The van der Waals surface area contributed by atoms with Crippen molar-refractivity contribution in [3.05, 3.63) is 0 Å². The molecule has 1 aliphatic heterocycles. The summed E-state index contributed by atoms with van der Waals surface area (Å²) in [5.41, 5.74) is 0. The zero-order valence-electron chi connectivity index (χ0n) is 10.8. The lowest BCUT2D eigenvalue weighted by molar-refractivity contribution is -0.146. The summed E-state index contributed by atoms with van der Waals surface area (Å²) in [6, 6.07) is -0.590. The fourth-order valence-electron chi connectivity index (χ4n) is 1.75. The summed E-state index contributed by atoms with van der Waals surface area (Å²) in [6.45, 7) is 0.976. The van der Waals surface area contributed by atoms with Gasteiger partial charge in [-0.1, -0.05) is 0 Å². The Morgan fingerprint density at radius 1 is 1.32 bits per heavy atom. The zero-order chi connectivity index (χ0) is 14.4. The van der Waals surface area contributed by atoms with Crippen molar-refractivity contribution < 1.29 is 24.6 Å². The minimum absolute atomic E-state index is 0.0605. The Morgan fingerprint density at radius 2 is 1.89 bits per heavy atom. The predicted molar refractivity (Wildman–Crippen MR) is 65.5 cm³/mol. The maximum Gasteiger partial charge on any atom is 0.334 e. The second-order valence-electron chi connectivity index (χ2n) is 4.48. The number of aliphatic hydroxyl groups is 1. The first-order chi connectivity index (χ1) is 8.91. The van der Waals surface area contributed by atoms with E-state index in [0.717, 1.165) is 17.7 Å². The third-order valence-electron chi connectivity index (χ3n) is 2.91. The summed E-state index contributed by atoms with van der Waals surface area (Å²) >= 11 is 0. The van der Waals surface area contributed by atoms with Crippen LogP contribution in [0.15, 0.2) is 0 Å². The largest absolute Gasteiger partial charge is 0.479 e. The molecule has 0 bridgehead atoms. The number of hydrogen-bond donors (Lipinski definition) is 3. The molecule has 0 aliphatic carbocycles. The van der Waals surface area contributed by atoms with Crippen molar-refractivity contribution in [1.29, 1.82) is 0 Å². The van der Waals surface area contributed by atoms with Gasteiger partial charge in [0.05, 0.1) is 6.54 Å². The van der Waals surface area contributed by atoms with Gasteiger partial charge in [-0.25, -0.2) is 9.59 Å². The second kappa shape index (κ2) is 6.93. The molecule has 0 aromatic carbocycles. The number of hydrogen-bond acceptors (Lipinski definition) is 4. The van der Waals surface area contributed by atoms with Gasteiger partial charge in [0.2, 0.25) is 5.91 Å². The second-order valence-corrected chi connectivity index (χ2v) is 4.48. The normalized spacial score (nSPS) is 16.0. The fourth-order valence-corrected chi connectivity index (χ4v) is 1.75. The van der Waals surface area contributed by atoms with Crippen LogP contribution in [0, 0.1) is 0 Å². The van der Waals surface area contributed by atoms with Crippen LogP contribution >= 0.6 is 0 Å². The Bertz CT molecular complexity index is 354. The van der Waals surface area contributed by atoms with Crippen molar-refractivity contribution in [2.45, 2.75) is 18.9 Å². The van der Waals surface area contributed by atoms with Gasteiger partial charge in [0.25, 0.3) is 0 Å². The first kappa shape index (κ1) is 15.2. The van der Waals surface area contributed by atoms with Crippen molar-refractivity contribution in [2.75, 3.05) is 33.2 Å². The molecule has 0 saturated carbocycles. The average Bonchev–Trinajstić information content (AvgIpc) is 2.88. The average molecular weight is 273 g/mol. The van der Waals surface area contributed by atoms with Crippen LogP contribution in [0.25, 0.3) is 0 Å². The third kappa shape index (κ3) is 4.74. The van der Waals surface area contributed by atoms with Crippen LogP contribution in [0.2, 0.25) is 0 Å². The van der Waals surface area contributed by atoms with Gasteiger partial charge < -0.3 is 25.3 Å². The number of carboxylic acid groups (broad SMARTS) is 1. The Kier molecular flexibility index (Phi) is 5.56. The van der Waals surface area contributed by atoms with E-state index in [1.165, 1.54) is 7.05 Å². The summed E-state index contributed by atoms with van der Waals surface area (Å²) in [7, 11) is 1.44. The summed E-state index contributed by atoms with van der Waals surface area (Å²) < 4.78 is 0. The highest BCUT2D eigenvalue weighted by atomic mass is 16.4. The van der Waals surface area contributed by atoms with Gasteiger partial charge in [-0.15, -0.1) is 0 Å². The van der Waals surface area contributed by atoms with Crippen LogP contribution in [0.5, 0.6) is 0 Å². The number of carbonyl (C=O) groups excluding carboxylic acids is 2. The number of aliphatic carboxylic acids is 1. The lowest BCUT2D eigenvalue weighted by atomic mass is 10.3. The molecule has 0 aromatic heterocycles. The monoisotopic (exact) mass is 273 g/mol. The smallest absolute Gasteiger partial charge is 0.334 e. The molecule has 1 aliphatic rings. The summed E-state index contributed by atoms with van der Waals surface area (Å²) in [6.07, 6.45) is 0.311. The van der Waals surface area contributed by atoms with Gasteiger partial charge in [-0.2, -0.15) is 0 Å². The molecule has 8 heteroatoms. The Balaban J connectivity index is 2.31. The van der Waals surface area contributed by atoms with Gasteiger partial charge >= 0.3 is 12.0 Å². The highest BCUT2D eigenvalue weighted by Crippen LogP contribution is 2.07. The van der Waals surface area contributed by atoms with Crippen LogP contribution in [0.4, 0.5) is 4.79 Å². The number of likely N-dealkylation sites (tertiary alicyclic amines) is 1. The van der Waals surface area contributed by atoms with E-state index in [2.05, 4.69) is 5.32 Å². The van der Waals surface area contributed by atoms with Gasteiger partial charge in [-0.3, -0.25) is 4.79 Å². The van der Waals surface area contributed by atoms with E-state index in [9.17, 15) is 14.4 Å². The van der Waals surface area contributed by atoms with E-state index in [4.69, 9.17) is 10.2 Å². The minimum Gasteiger partial charge on any atom is -0.479 e. The predicted octanol–water partition coefficient (Wildman–Crippen LogP) is -1.30. The molecule has 1 rings (SSSR count). The topological polar surface area (TPSA) is 110 Å². The van der Waals surface area contributed by atoms with Gasteiger partial charge in [-0.05, 0) is 12.8 Å². The molecule has 3 N–H and O–H groups in total. The molecule has 1 fully saturated rings. The van der Waals surface area contributed by atoms with Crippen molar-refractivity contribution in [1.82, 2.24) is 15.1 Å². The summed E-state index contributed by atoms with van der Waals surface area (Å²) in [5, 5.41) is 19.7. The van der Waals surface area contributed by atoms with E-state index in [-0.39, 0.29) is 12.5 Å². The number of rotatable bonds is 5. The lowest BCUT2D eigenvalue weighted by Gasteiger charge is -2.21. The van der Waals surface area contributed by atoms with E-state index in [1.807, 2.05) is 0 Å². The highest BCUT2D eigenvalue weighted by molar-refractivity contribution is 5.84. The maximum atomic E-state index is 11.8. The van der Waals surface area contributed by atoms with Crippen LogP contribution in [-0.4, -0.2) is 77.3 Å². The number of amides is 3. The van der Waals surface area contributed by atoms with E-state index in [0.29, 0.717) is 13.1 Å². The molecular formula is C11H19N3O5. The number of likely N-dealkylation sites (N-methyl/N-ethyl adjacent to an activating group) is 1. The molecular weight excluding hydrogens is 254 g/mol. The van der Waals surface area contributed by atoms with Crippen molar-refractivity contribution in [2.24, 2.45) is 0 Å². The molecule has 0 radical (unpaired) electrons. The third-order valence-corrected chi connectivity index (χ3v) is 2.91. The zero-order valence-corrected chi connectivity index (χ0v) is 10.8. The minimum atomic E-state index is -1.65. The maximum absolute atomic E-state index is 11.8. The Hall–Kier alpha value is -1.83. The number of nitrogens with one attached hydrogen (secondary N) is 1. The molecule has 8 nitrogen and oxygen atoms in total. The standard InChI is InChI=1S/C11H19N3O5/c1-13(7-9(16)14-4-2-3-5-14)11(19)12-6-8(15)10(17)18/h8,15H,2-7H2,1H3,(H,12,19)(H,17,18). The quantitative estimate of drug-likeness (QED) is 0.576. The number of urea groups is 1. The number of aliphatic hydroxyl groups excluding tert-OH is 1. The van der Waals surface area contributed by atoms with Crippen LogP contribution in [0.1, 0.15) is 12.8 Å². The molecule has 0 aromatic rings. The fraction of sp³-hybridized carbons (Fsp3) is 0.727. The first-order valence-corrected chi connectivity index (χ1v) is 6.09. The van der Waals surface area contributed by atoms with E-state index < -0.39 is 24.6 Å². The van der Waals surface area contributed by atoms with Gasteiger partial charge in [0.1, 0.15) is 6.54 Å². The highest BCUT2D eigenvalue weighted by Gasteiger charge is 2.22. The molecule has 0 spiro atoms. The van der Waals surface area contributed by atoms with Crippen molar-refractivity contribution >= 4 is 17.9 Å². The van der Waals surface area contributed by atoms with Crippen LogP contribution in [0.3, 0.4) is 0 Å². The van der Waals surface area contributed by atoms with Crippen LogP contribution < -0.4 is 5.32 Å².